The topological polar surface area (TPSA) is 73.0 Å². The lowest BCUT2D eigenvalue weighted by Gasteiger charge is -2.04. The van der Waals surface area contributed by atoms with E-state index in [1.807, 2.05) is 0 Å². The van der Waals surface area contributed by atoms with E-state index >= 15 is 0 Å². The highest BCUT2D eigenvalue weighted by Gasteiger charge is 2.17. The molecule has 1 N–H and O–H groups in total. The summed E-state index contributed by atoms with van der Waals surface area (Å²) in [5, 5.41) is 7.54. The van der Waals surface area contributed by atoms with E-state index in [0.717, 1.165) is 0 Å². The van der Waals surface area contributed by atoms with Gasteiger partial charge in [-0.05, 0) is 31.2 Å². The minimum atomic E-state index is -0.395. The number of nitrogens with one attached hydrogen (secondary N) is 1. The van der Waals surface area contributed by atoms with E-state index in [-0.39, 0.29) is 17.1 Å². The number of furan rings is 1. The minimum absolute atomic E-state index is 0.191. The van der Waals surface area contributed by atoms with E-state index in [1.165, 1.54) is 28.3 Å². The van der Waals surface area contributed by atoms with Crippen LogP contribution < -0.4 is 5.32 Å². The lowest BCUT2D eigenvalue weighted by Crippen LogP contribution is -2.14. The summed E-state index contributed by atoms with van der Waals surface area (Å²) in [6.07, 6.45) is 1.42. The third-order valence-electron chi connectivity index (χ3n) is 3.36. The van der Waals surface area contributed by atoms with Gasteiger partial charge in [0.2, 0.25) is 5.13 Å². The minimum Gasteiger partial charge on any atom is -0.459 e. The quantitative estimate of drug-likeness (QED) is 0.615. The number of thiazole rings is 1. The van der Waals surface area contributed by atoms with Crippen molar-refractivity contribution in [3.05, 3.63) is 59.9 Å². The Balaban J connectivity index is 1.75. The molecule has 0 radical (unpaired) electrons. The van der Waals surface area contributed by atoms with Crippen LogP contribution >= 0.6 is 11.3 Å². The molecule has 0 bridgehead atoms. The summed E-state index contributed by atoms with van der Waals surface area (Å²) in [5.74, 6) is -0.155. The zero-order valence-corrected chi connectivity index (χ0v) is 13.3. The van der Waals surface area contributed by atoms with Gasteiger partial charge in [-0.3, -0.25) is 4.79 Å². The van der Waals surface area contributed by atoms with E-state index in [0.29, 0.717) is 21.3 Å². The Hall–Kier alpha value is -3.00. The summed E-state index contributed by atoms with van der Waals surface area (Å²) in [4.78, 5) is 16.5. The fourth-order valence-electron chi connectivity index (χ4n) is 2.31. The molecular formula is C16H11FN4O2S. The van der Waals surface area contributed by atoms with Gasteiger partial charge in [0.25, 0.3) is 5.91 Å². The highest BCUT2D eigenvalue weighted by atomic mass is 32.1. The predicted octanol–water partition coefficient (Wildman–Crippen LogP) is 3.77. The maximum Gasteiger partial charge on any atom is 0.292 e. The number of para-hydroxylation sites is 1. The first kappa shape index (κ1) is 14.6. The van der Waals surface area contributed by atoms with E-state index < -0.39 is 5.91 Å². The first-order valence-corrected chi connectivity index (χ1v) is 7.90. The summed E-state index contributed by atoms with van der Waals surface area (Å²) in [5.41, 5.74) is 0.985. The van der Waals surface area contributed by atoms with Crippen molar-refractivity contribution in [2.24, 2.45) is 0 Å². The molecule has 1 amide bonds. The summed E-state index contributed by atoms with van der Waals surface area (Å²) in [7, 11) is 0. The molecule has 4 aromatic rings. The zero-order chi connectivity index (χ0) is 16.7. The van der Waals surface area contributed by atoms with Crippen molar-refractivity contribution in [2.45, 2.75) is 6.92 Å². The molecule has 24 heavy (non-hydrogen) atoms. The van der Waals surface area contributed by atoms with Crippen LogP contribution in [-0.2, 0) is 0 Å². The fraction of sp³-hybridized carbons (Fsp3) is 0.0625. The third kappa shape index (κ3) is 2.46. The van der Waals surface area contributed by atoms with Crippen LogP contribution in [0.15, 0.2) is 47.1 Å². The second-order valence-corrected chi connectivity index (χ2v) is 6.11. The number of aromatic nitrogens is 3. The molecule has 6 nitrogen and oxygen atoms in total. The van der Waals surface area contributed by atoms with Gasteiger partial charge in [0.1, 0.15) is 17.2 Å². The van der Waals surface area contributed by atoms with E-state index in [4.69, 9.17) is 4.42 Å². The molecule has 0 unspecified atom stereocenters. The number of hydrogen-bond donors (Lipinski definition) is 1. The van der Waals surface area contributed by atoms with Crippen molar-refractivity contribution in [3.63, 3.8) is 0 Å². The van der Waals surface area contributed by atoms with Gasteiger partial charge in [0, 0.05) is 6.07 Å². The second-order valence-electron chi connectivity index (χ2n) is 5.10. The average molecular weight is 342 g/mol. The SMILES string of the molecule is Cc1cc(NC(=O)c2ccco2)n(-c2nc3c(F)cccc3s2)n1. The van der Waals surface area contributed by atoms with Crippen molar-refractivity contribution < 1.29 is 13.6 Å². The van der Waals surface area contributed by atoms with E-state index in [2.05, 4.69) is 15.4 Å². The van der Waals surface area contributed by atoms with Crippen molar-refractivity contribution in [3.8, 4) is 5.13 Å². The lowest BCUT2D eigenvalue weighted by atomic mass is 10.3. The van der Waals surface area contributed by atoms with Gasteiger partial charge < -0.3 is 9.73 Å². The number of amides is 1. The predicted molar refractivity (Wildman–Crippen MR) is 88.1 cm³/mol. The normalized spacial score (nSPS) is 11.1. The van der Waals surface area contributed by atoms with E-state index in [9.17, 15) is 9.18 Å². The molecule has 3 aromatic heterocycles. The monoisotopic (exact) mass is 342 g/mol. The Labute approximate surface area is 139 Å². The Morgan fingerprint density at radius 2 is 2.21 bits per heavy atom. The Morgan fingerprint density at radius 3 is 2.96 bits per heavy atom. The second kappa shape index (κ2) is 5.57. The molecule has 0 spiro atoms. The summed E-state index contributed by atoms with van der Waals surface area (Å²) >= 11 is 1.29. The van der Waals surface area contributed by atoms with Crippen molar-refractivity contribution >= 4 is 33.3 Å². The number of rotatable bonds is 3. The molecule has 0 saturated carbocycles. The summed E-state index contributed by atoms with van der Waals surface area (Å²) in [6, 6.07) is 9.69. The number of carbonyl (C=O) groups is 1. The van der Waals surface area contributed by atoms with Crippen LogP contribution in [0, 0.1) is 12.7 Å². The van der Waals surface area contributed by atoms with Gasteiger partial charge >= 0.3 is 0 Å². The van der Waals surface area contributed by atoms with E-state index in [1.54, 1.807) is 37.3 Å². The van der Waals surface area contributed by atoms with Crippen LogP contribution in [0.25, 0.3) is 15.3 Å². The fourth-order valence-corrected chi connectivity index (χ4v) is 3.26. The number of nitrogens with zero attached hydrogens (tertiary/aromatic N) is 3. The molecule has 0 saturated heterocycles. The molecule has 0 aliphatic rings. The van der Waals surface area contributed by atoms with Crippen molar-refractivity contribution in [1.82, 2.24) is 14.8 Å². The number of carbonyl (C=O) groups excluding carboxylic acids is 1. The number of hydrogen-bond acceptors (Lipinski definition) is 5. The molecule has 4 rings (SSSR count). The first-order chi connectivity index (χ1) is 11.6. The van der Waals surface area contributed by atoms with Gasteiger partial charge in [-0.25, -0.2) is 9.37 Å². The largest absolute Gasteiger partial charge is 0.459 e. The van der Waals surface area contributed by atoms with Gasteiger partial charge in [-0.2, -0.15) is 9.78 Å². The number of fused-ring (bicyclic) bond motifs is 1. The number of aryl methyl sites for hydroxylation is 1. The lowest BCUT2D eigenvalue weighted by molar-refractivity contribution is 0.0996. The molecule has 8 heteroatoms. The van der Waals surface area contributed by atoms with Crippen molar-refractivity contribution in [1.29, 1.82) is 0 Å². The van der Waals surface area contributed by atoms with Gasteiger partial charge in [-0.1, -0.05) is 17.4 Å². The van der Waals surface area contributed by atoms with Crippen molar-refractivity contribution in [2.75, 3.05) is 5.32 Å². The van der Waals surface area contributed by atoms with Crippen LogP contribution in [0.2, 0.25) is 0 Å². The Kier molecular flexibility index (Phi) is 3.39. The van der Waals surface area contributed by atoms with Crippen LogP contribution in [0.5, 0.6) is 0 Å². The van der Waals surface area contributed by atoms with Gasteiger partial charge in [0.05, 0.1) is 16.7 Å². The first-order valence-electron chi connectivity index (χ1n) is 7.09. The standard InChI is InChI=1S/C16H11FN4O2S/c1-9-8-13(18-15(22)11-5-3-7-23-11)21(20-9)16-19-14-10(17)4-2-6-12(14)24-16/h2-8H,1H3,(H,18,22). The Morgan fingerprint density at radius 1 is 1.33 bits per heavy atom. The number of benzene rings is 1. The highest BCUT2D eigenvalue weighted by molar-refractivity contribution is 7.20. The summed E-state index contributed by atoms with van der Waals surface area (Å²) in [6.45, 7) is 1.80. The van der Waals surface area contributed by atoms with Gasteiger partial charge in [-0.15, -0.1) is 0 Å². The average Bonchev–Trinajstić information content (AvgIpc) is 3.26. The smallest absolute Gasteiger partial charge is 0.292 e. The zero-order valence-electron chi connectivity index (χ0n) is 12.5. The molecule has 0 aliphatic heterocycles. The molecule has 0 aliphatic carbocycles. The third-order valence-corrected chi connectivity index (χ3v) is 4.35. The summed E-state index contributed by atoms with van der Waals surface area (Å²) < 4.78 is 21.1. The molecule has 1 aromatic carbocycles. The molecule has 0 atom stereocenters. The molecule has 3 heterocycles. The molecular weight excluding hydrogens is 331 g/mol. The maximum atomic E-state index is 13.8. The number of halogens is 1. The maximum absolute atomic E-state index is 13.8. The van der Waals surface area contributed by atoms with Crippen LogP contribution in [-0.4, -0.2) is 20.7 Å². The van der Waals surface area contributed by atoms with Crippen LogP contribution in [0.4, 0.5) is 10.2 Å². The number of anilines is 1. The van der Waals surface area contributed by atoms with Gasteiger partial charge in [0.15, 0.2) is 5.76 Å². The Bertz CT molecular complexity index is 1040. The van der Waals surface area contributed by atoms with Crippen LogP contribution in [0.3, 0.4) is 0 Å². The molecule has 120 valence electrons. The van der Waals surface area contributed by atoms with Crippen LogP contribution in [0.1, 0.15) is 16.2 Å². The highest BCUT2D eigenvalue weighted by Crippen LogP contribution is 2.28. The molecule has 0 fully saturated rings.